The third-order valence-electron chi connectivity index (χ3n) is 6.16. The third kappa shape index (κ3) is 5.72. The van der Waals surface area contributed by atoms with E-state index in [0.717, 1.165) is 55.9 Å². The van der Waals surface area contributed by atoms with Crippen molar-refractivity contribution in [1.82, 2.24) is 20.2 Å². The lowest BCUT2D eigenvalue weighted by Crippen LogP contribution is -3.13. The number of hydrogen-bond donors (Lipinski definition) is 2. The van der Waals surface area contributed by atoms with E-state index >= 15 is 0 Å². The van der Waals surface area contributed by atoms with Crippen molar-refractivity contribution in [2.45, 2.75) is 52.1 Å². The van der Waals surface area contributed by atoms with E-state index in [-0.39, 0.29) is 17.9 Å². The van der Waals surface area contributed by atoms with Crippen molar-refractivity contribution in [1.29, 1.82) is 0 Å². The lowest BCUT2D eigenvalue weighted by atomic mass is 9.93. The number of carbonyl (C=O) groups is 1. The van der Waals surface area contributed by atoms with Crippen molar-refractivity contribution in [2.75, 3.05) is 27.3 Å². The highest BCUT2D eigenvalue weighted by Gasteiger charge is 2.35. The topological polar surface area (TPSA) is 110 Å². The number of aryl methyl sites for hydroxylation is 2. The Morgan fingerprint density at radius 1 is 1.23 bits per heavy atom. The standard InChI is InChI=1S/C22H34N6O3/c1-15(2)13-18(27-10-8-17(9-11-27)21(23)29)22-24-25-26-28(22)12-7-16-5-6-19(30-3)20(14-16)31-4/h5-6,14-15,17-18H,7-13H2,1-4H3,(H2,23,29)/p+1/t18-/m1/s1. The Bertz CT molecular complexity index is 861. The SMILES string of the molecule is COc1ccc(CCn2nnnc2[C@@H](CC(C)C)[NH+]2CCC(C(N)=O)CC2)cc1OC. The maximum atomic E-state index is 11.6. The first-order valence-electron chi connectivity index (χ1n) is 11.0. The molecule has 0 unspecified atom stereocenters. The molecule has 1 amide bonds. The van der Waals surface area contributed by atoms with Crippen LogP contribution in [0.3, 0.4) is 0 Å². The zero-order chi connectivity index (χ0) is 22.4. The van der Waals surface area contributed by atoms with Crippen molar-refractivity contribution in [2.24, 2.45) is 17.6 Å². The first-order valence-corrected chi connectivity index (χ1v) is 11.0. The van der Waals surface area contributed by atoms with Gasteiger partial charge >= 0.3 is 0 Å². The number of benzene rings is 1. The fourth-order valence-electron chi connectivity index (χ4n) is 4.44. The van der Waals surface area contributed by atoms with Crippen molar-refractivity contribution >= 4 is 5.91 Å². The fraction of sp³-hybridized carbons (Fsp3) is 0.636. The maximum absolute atomic E-state index is 11.6. The van der Waals surface area contributed by atoms with Gasteiger partial charge in [-0.3, -0.25) is 4.79 Å². The monoisotopic (exact) mass is 431 g/mol. The number of primary amides is 1. The quantitative estimate of drug-likeness (QED) is 0.576. The first-order chi connectivity index (χ1) is 14.9. The number of amides is 1. The van der Waals surface area contributed by atoms with Gasteiger partial charge in [-0.15, -0.1) is 5.10 Å². The number of likely N-dealkylation sites (tertiary alicyclic amines) is 1. The second-order valence-corrected chi connectivity index (χ2v) is 8.72. The average molecular weight is 432 g/mol. The number of quaternary nitrogens is 1. The Morgan fingerprint density at radius 2 is 1.94 bits per heavy atom. The van der Waals surface area contributed by atoms with E-state index in [9.17, 15) is 4.79 Å². The Balaban J connectivity index is 1.73. The van der Waals surface area contributed by atoms with Gasteiger partial charge in [0.1, 0.15) is 6.04 Å². The van der Waals surface area contributed by atoms with Crippen molar-refractivity contribution in [3.05, 3.63) is 29.6 Å². The van der Waals surface area contributed by atoms with Crippen LogP contribution in [0.2, 0.25) is 0 Å². The molecular weight excluding hydrogens is 396 g/mol. The smallest absolute Gasteiger partial charge is 0.220 e. The molecule has 0 spiro atoms. The number of methoxy groups -OCH3 is 2. The lowest BCUT2D eigenvalue weighted by Gasteiger charge is -2.34. The molecular formula is C22H35N6O3+. The van der Waals surface area contributed by atoms with Crippen LogP contribution < -0.4 is 20.1 Å². The Morgan fingerprint density at radius 3 is 2.55 bits per heavy atom. The number of nitrogens with zero attached hydrogens (tertiary/aromatic N) is 4. The zero-order valence-electron chi connectivity index (χ0n) is 19.0. The number of nitrogens with one attached hydrogen (secondary N) is 1. The zero-order valence-corrected chi connectivity index (χ0v) is 19.0. The molecule has 1 atom stereocenters. The molecule has 1 aromatic carbocycles. The largest absolute Gasteiger partial charge is 0.493 e. The van der Waals surface area contributed by atoms with Gasteiger partial charge in [0, 0.05) is 31.7 Å². The van der Waals surface area contributed by atoms with E-state index in [1.54, 1.807) is 14.2 Å². The van der Waals surface area contributed by atoms with Gasteiger partial charge in [-0.25, -0.2) is 4.68 Å². The molecule has 3 rings (SSSR count). The Kier molecular flexibility index (Phi) is 7.84. The Labute approximate surface area is 183 Å². The number of nitrogens with two attached hydrogens (primary N) is 1. The van der Waals surface area contributed by atoms with E-state index in [2.05, 4.69) is 29.4 Å². The van der Waals surface area contributed by atoms with Gasteiger partial charge in [-0.2, -0.15) is 0 Å². The van der Waals surface area contributed by atoms with Crippen LogP contribution in [0.4, 0.5) is 0 Å². The number of tetrazole rings is 1. The van der Waals surface area contributed by atoms with Crippen molar-refractivity contribution < 1.29 is 19.2 Å². The summed E-state index contributed by atoms with van der Waals surface area (Å²) in [4.78, 5) is 13.0. The summed E-state index contributed by atoms with van der Waals surface area (Å²) in [7, 11) is 3.27. The molecule has 1 aliphatic rings. The molecule has 0 bridgehead atoms. The molecule has 9 nitrogen and oxygen atoms in total. The molecule has 9 heteroatoms. The van der Waals surface area contributed by atoms with E-state index in [1.807, 2.05) is 22.9 Å². The molecule has 1 fully saturated rings. The summed E-state index contributed by atoms with van der Waals surface area (Å²) in [6, 6.07) is 6.16. The van der Waals surface area contributed by atoms with Gasteiger partial charge in [0.15, 0.2) is 11.5 Å². The highest BCUT2D eigenvalue weighted by Crippen LogP contribution is 2.28. The number of carbonyl (C=O) groups excluding carboxylic acids is 1. The summed E-state index contributed by atoms with van der Waals surface area (Å²) in [5.41, 5.74) is 6.65. The molecule has 0 aliphatic carbocycles. The van der Waals surface area contributed by atoms with Crippen LogP contribution in [-0.2, 0) is 17.8 Å². The summed E-state index contributed by atoms with van der Waals surface area (Å²) in [5, 5.41) is 12.7. The van der Waals surface area contributed by atoms with Gasteiger partial charge < -0.3 is 20.1 Å². The van der Waals surface area contributed by atoms with Gasteiger partial charge in [0.25, 0.3) is 0 Å². The molecule has 2 aromatic rings. The molecule has 2 heterocycles. The predicted molar refractivity (Wildman–Crippen MR) is 116 cm³/mol. The number of piperidine rings is 1. The average Bonchev–Trinajstić information content (AvgIpc) is 3.24. The van der Waals surface area contributed by atoms with Crippen LogP contribution in [0.1, 0.15) is 50.5 Å². The summed E-state index contributed by atoms with van der Waals surface area (Å²) >= 11 is 0. The van der Waals surface area contributed by atoms with E-state index in [4.69, 9.17) is 15.2 Å². The van der Waals surface area contributed by atoms with Crippen LogP contribution in [-0.4, -0.2) is 53.4 Å². The number of rotatable bonds is 10. The van der Waals surface area contributed by atoms with Crippen molar-refractivity contribution in [3.63, 3.8) is 0 Å². The number of ether oxygens (including phenoxy) is 2. The van der Waals surface area contributed by atoms with Gasteiger partial charge in [0.05, 0.1) is 27.3 Å². The van der Waals surface area contributed by atoms with Crippen LogP contribution >= 0.6 is 0 Å². The minimum Gasteiger partial charge on any atom is -0.493 e. The van der Waals surface area contributed by atoms with Crippen molar-refractivity contribution in [3.8, 4) is 11.5 Å². The molecule has 170 valence electrons. The molecule has 0 saturated carbocycles. The van der Waals surface area contributed by atoms with Crippen LogP contribution in [0.15, 0.2) is 18.2 Å². The van der Waals surface area contributed by atoms with E-state index < -0.39 is 0 Å². The van der Waals surface area contributed by atoms with Crippen LogP contribution in [0.5, 0.6) is 11.5 Å². The highest BCUT2D eigenvalue weighted by atomic mass is 16.5. The summed E-state index contributed by atoms with van der Waals surface area (Å²) in [5.74, 6) is 2.68. The molecule has 1 aliphatic heterocycles. The van der Waals surface area contributed by atoms with Crippen LogP contribution in [0.25, 0.3) is 0 Å². The normalized spacial score (nSPS) is 19.9. The fourth-order valence-corrected chi connectivity index (χ4v) is 4.44. The van der Waals surface area contributed by atoms with Gasteiger partial charge in [-0.05, 0) is 40.5 Å². The molecule has 1 aromatic heterocycles. The van der Waals surface area contributed by atoms with Gasteiger partial charge in [-0.1, -0.05) is 19.9 Å². The molecule has 31 heavy (non-hydrogen) atoms. The highest BCUT2D eigenvalue weighted by molar-refractivity contribution is 5.76. The maximum Gasteiger partial charge on any atom is 0.220 e. The molecule has 0 radical (unpaired) electrons. The number of hydrogen-bond acceptors (Lipinski definition) is 6. The summed E-state index contributed by atoms with van der Waals surface area (Å²) < 4.78 is 12.7. The minimum atomic E-state index is -0.181. The molecule has 3 N–H and O–H groups in total. The predicted octanol–water partition coefficient (Wildman–Crippen LogP) is 0.800. The van der Waals surface area contributed by atoms with E-state index in [1.165, 1.54) is 4.90 Å². The minimum absolute atomic E-state index is 0.00972. The van der Waals surface area contributed by atoms with E-state index in [0.29, 0.717) is 18.2 Å². The lowest BCUT2D eigenvalue weighted by molar-refractivity contribution is -0.938. The summed E-state index contributed by atoms with van der Waals surface area (Å²) in [6.07, 6.45) is 3.43. The second kappa shape index (κ2) is 10.6. The second-order valence-electron chi connectivity index (χ2n) is 8.72. The van der Waals surface area contributed by atoms with Crippen LogP contribution in [0, 0.1) is 11.8 Å². The summed E-state index contributed by atoms with van der Waals surface area (Å²) in [6.45, 7) is 6.95. The third-order valence-corrected chi connectivity index (χ3v) is 6.16. The molecule has 1 saturated heterocycles. The first kappa shape index (κ1) is 23.0. The Hall–Kier alpha value is -2.68. The van der Waals surface area contributed by atoms with Gasteiger partial charge in [0.2, 0.25) is 11.7 Å². The number of aromatic nitrogens is 4.